The zero-order chi connectivity index (χ0) is 16.9. The van der Waals surface area contributed by atoms with Crippen LogP contribution in [-0.2, 0) is 11.2 Å². The van der Waals surface area contributed by atoms with Crippen LogP contribution in [0.2, 0.25) is 0 Å². The van der Waals surface area contributed by atoms with Crippen molar-refractivity contribution in [3.63, 3.8) is 0 Å². The Kier molecular flexibility index (Phi) is 4.52. The third-order valence-electron chi connectivity index (χ3n) is 3.84. The maximum absolute atomic E-state index is 12.2. The van der Waals surface area contributed by atoms with E-state index in [-0.39, 0.29) is 5.91 Å². The van der Waals surface area contributed by atoms with Crippen LogP contribution in [0.3, 0.4) is 0 Å². The molecule has 2 aromatic carbocycles. The molecule has 24 heavy (non-hydrogen) atoms. The summed E-state index contributed by atoms with van der Waals surface area (Å²) in [4.78, 5) is 27.8. The predicted molar refractivity (Wildman–Crippen MR) is 92.3 cm³/mol. The van der Waals surface area contributed by atoms with Crippen LogP contribution in [0.5, 0.6) is 0 Å². The molecule has 1 aromatic heterocycles. The first-order chi connectivity index (χ1) is 11.6. The zero-order valence-corrected chi connectivity index (χ0v) is 13.0. The minimum Gasteiger partial charge on any atom is -0.368 e. The average molecular weight is 319 g/mol. The fraction of sp³-hybridized carbons (Fsp3) is 0.105. The van der Waals surface area contributed by atoms with E-state index < -0.39 is 11.9 Å². The number of nitrogens with zero attached hydrogens (tertiary/aromatic N) is 1. The van der Waals surface area contributed by atoms with Crippen LogP contribution in [0, 0.1) is 0 Å². The number of pyridine rings is 1. The van der Waals surface area contributed by atoms with E-state index >= 15 is 0 Å². The molecule has 120 valence electrons. The molecular weight excluding hydrogens is 302 g/mol. The van der Waals surface area contributed by atoms with Crippen molar-refractivity contribution in [2.45, 2.75) is 12.5 Å². The lowest BCUT2D eigenvalue weighted by molar-refractivity contribution is -0.119. The molecule has 3 aromatic rings. The number of aromatic nitrogens is 1. The molecule has 0 aliphatic rings. The Balaban J connectivity index is 1.78. The van der Waals surface area contributed by atoms with Crippen LogP contribution in [0.1, 0.15) is 15.9 Å². The summed E-state index contributed by atoms with van der Waals surface area (Å²) in [5.41, 5.74) is 6.83. The summed E-state index contributed by atoms with van der Waals surface area (Å²) < 4.78 is 0. The minimum absolute atomic E-state index is 0.344. The van der Waals surface area contributed by atoms with Crippen molar-refractivity contribution in [1.29, 1.82) is 0 Å². The fourth-order valence-electron chi connectivity index (χ4n) is 2.57. The van der Waals surface area contributed by atoms with E-state index in [1.54, 1.807) is 12.1 Å². The number of amides is 2. The summed E-state index contributed by atoms with van der Waals surface area (Å²) in [5.74, 6) is -0.910. The normalized spacial score (nSPS) is 11.8. The molecule has 1 atom stereocenters. The second-order valence-electron chi connectivity index (χ2n) is 5.55. The summed E-state index contributed by atoms with van der Waals surface area (Å²) in [6, 6.07) is 16.3. The molecule has 0 unspecified atom stereocenters. The summed E-state index contributed by atoms with van der Waals surface area (Å²) in [6.07, 6.45) is 3.39. The first kappa shape index (κ1) is 15.7. The van der Waals surface area contributed by atoms with Gasteiger partial charge in [0.05, 0.1) is 0 Å². The van der Waals surface area contributed by atoms with Gasteiger partial charge in [0.2, 0.25) is 5.91 Å². The molecule has 0 saturated carbocycles. The molecule has 0 aliphatic carbocycles. The number of nitrogens with two attached hydrogens (primary N) is 1. The summed E-state index contributed by atoms with van der Waals surface area (Å²) in [5, 5.41) is 4.89. The summed E-state index contributed by atoms with van der Waals surface area (Å²) in [7, 11) is 0. The molecule has 0 fully saturated rings. The molecule has 1 heterocycles. The van der Waals surface area contributed by atoms with E-state index in [9.17, 15) is 9.59 Å². The van der Waals surface area contributed by atoms with E-state index in [2.05, 4.69) is 10.3 Å². The Labute approximate surface area is 139 Å². The summed E-state index contributed by atoms with van der Waals surface area (Å²) in [6.45, 7) is 0. The maximum atomic E-state index is 12.2. The van der Waals surface area contributed by atoms with Crippen molar-refractivity contribution in [2.24, 2.45) is 5.73 Å². The topological polar surface area (TPSA) is 85.1 Å². The molecule has 0 spiro atoms. The molecule has 5 nitrogen and oxygen atoms in total. The number of carbonyl (C=O) groups excluding carboxylic acids is 2. The molecular formula is C19H17N3O2. The zero-order valence-electron chi connectivity index (χ0n) is 13.0. The fourth-order valence-corrected chi connectivity index (χ4v) is 2.57. The van der Waals surface area contributed by atoms with Gasteiger partial charge < -0.3 is 11.1 Å². The van der Waals surface area contributed by atoms with Gasteiger partial charge in [-0.3, -0.25) is 14.6 Å². The Bertz CT molecular complexity index is 878. The number of benzene rings is 2. The third kappa shape index (κ3) is 3.57. The van der Waals surface area contributed by atoms with Gasteiger partial charge in [0.15, 0.2) is 0 Å². The highest BCUT2D eigenvalue weighted by Gasteiger charge is 2.19. The molecule has 0 bridgehead atoms. The lowest BCUT2D eigenvalue weighted by Crippen LogP contribution is -2.45. The van der Waals surface area contributed by atoms with Gasteiger partial charge in [-0.05, 0) is 28.5 Å². The largest absolute Gasteiger partial charge is 0.368 e. The van der Waals surface area contributed by atoms with Crippen molar-refractivity contribution < 1.29 is 9.59 Å². The Morgan fingerprint density at radius 3 is 2.42 bits per heavy atom. The van der Waals surface area contributed by atoms with Gasteiger partial charge in [-0.2, -0.15) is 0 Å². The van der Waals surface area contributed by atoms with E-state index in [0.29, 0.717) is 12.0 Å². The van der Waals surface area contributed by atoms with E-state index in [1.165, 1.54) is 12.4 Å². The molecule has 0 saturated heterocycles. The summed E-state index contributed by atoms with van der Waals surface area (Å²) >= 11 is 0. The highest BCUT2D eigenvalue weighted by Crippen LogP contribution is 2.16. The van der Waals surface area contributed by atoms with Crippen molar-refractivity contribution >= 4 is 22.6 Å². The second kappa shape index (κ2) is 6.91. The first-order valence-electron chi connectivity index (χ1n) is 7.61. The van der Waals surface area contributed by atoms with E-state index in [1.807, 2.05) is 42.5 Å². The number of carbonyl (C=O) groups is 2. The molecule has 2 amide bonds. The van der Waals surface area contributed by atoms with Crippen LogP contribution in [-0.4, -0.2) is 22.8 Å². The Morgan fingerprint density at radius 2 is 1.71 bits per heavy atom. The minimum atomic E-state index is -0.771. The highest BCUT2D eigenvalue weighted by molar-refractivity contribution is 5.97. The Morgan fingerprint density at radius 1 is 1.00 bits per heavy atom. The Hall–Kier alpha value is -3.21. The number of primary amides is 1. The van der Waals surface area contributed by atoms with E-state index in [4.69, 9.17) is 5.73 Å². The number of rotatable bonds is 5. The van der Waals surface area contributed by atoms with Crippen LogP contribution < -0.4 is 11.1 Å². The van der Waals surface area contributed by atoms with Crippen LogP contribution in [0.4, 0.5) is 0 Å². The van der Waals surface area contributed by atoms with Crippen molar-refractivity contribution in [3.8, 4) is 0 Å². The first-order valence-corrected chi connectivity index (χ1v) is 7.61. The molecule has 3 N–H and O–H groups in total. The monoisotopic (exact) mass is 319 g/mol. The standard InChI is InChI=1S/C19H17N3O2/c20-18(23)17(22-19(24)15-7-9-21-10-8-15)12-13-5-6-14-3-1-2-4-16(14)11-13/h1-11,17H,12H2,(H2,20,23)(H,22,24)/t17-/m1/s1. The number of nitrogens with one attached hydrogen (secondary N) is 1. The molecule has 5 heteroatoms. The van der Waals surface area contributed by atoms with Gasteiger partial charge in [-0.1, -0.05) is 42.5 Å². The van der Waals surface area contributed by atoms with Gasteiger partial charge in [0.25, 0.3) is 5.91 Å². The highest BCUT2D eigenvalue weighted by atomic mass is 16.2. The van der Waals surface area contributed by atoms with Gasteiger partial charge in [-0.25, -0.2) is 0 Å². The van der Waals surface area contributed by atoms with Gasteiger partial charge in [0, 0.05) is 24.4 Å². The van der Waals surface area contributed by atoms with Crippen LogP contribution >= 0.6 is 0 Å². The second-order valence-corrected chi connectivity index (χ2v) is 5.55. The average Bonchev–Trinajstić information content (AvgIpc) is 2.61. The molecule has 0 aliphatic heterocycles. The van der Waals surface area contributed by atoms with Gasteiger partial charge in [0.1, 0.15) is 6.04 Å². The van der Waals surface area contributed by atoms with Crippen LogP contribution in [0.15, 0.2) is 67.0 Å². The molecule has 0 radical (unpaired) electrons. The van der Waals surface area contributed by atoms with Crippen molar-refractivity contribution in [1.82, 2.24) is 10.3 Å². The SMILES string of the molecule is NC(=O)[C@@H](Cc1ccc2ccccc2c1)NC(=O)c1ccncc1. The lowest BCUT2D eigenvalue weighted by atomic mass is 10.0. The number of hydrogen-bond acceptors (Lipinski definition) is 3. The van der Waals surface area contributed by atoms with Crippen molar-refractivity contribution in [2.75, 3.05) is 0 Å². The predicted octanol–water partition coefficient (Wildman–Crippen LogP) is 2.06. The smallest absolute Gasteiger partial charge is 0.252 e. The number of hydrogen-bond donors (Lipinski definition) is 2. The lowest BCUT2D eigenvalue weighted by Gasteiger charge is -2.16. The maximum Gasteiger partial charge on any atom is 0.252 e. The third-order valence-corrected chi connectivity index (χ3v) is 3.84. The van der Waals surface area contributed by atoms with Crippen LogP contribution in [0.25, 0.3) is 10.8 Å². The molecule has 3 rings (SSSR count). The van der Waals surface area contributed by atoms with Gasteiger partial charge in [-0.15, -0.1) is 0 Å². The number of fused-ring (bicyclic) bond motifs is 1. The quantitative estimate of drug-likeness (QED) is 0.755. The van der Waals surface area contributed by atoms with E-state index in [0.717, 1.165) is 16.3 Å². The van der Waals surface area contributed by atoms with Gasteiger partial charge >= 0.3 is 0 Å². The van der Waals surface area contributed by atoms with Crippen molar-refractivity contribution in [3.05, 3.63) is 78.1 Å².